The van der Waals surface area contributed by atoms with Crippen LogP contribution in [0.25, 0.3) is 0 Å². The number of hydrogen-bond donors (Lipinski definition) is 1. The first-order chi connectivity index (χ1) is 8.22. The zero-order chi connectivity index (χ0) is 11.8. The van der Waals surface area contributed by atoms with Crippen molar-refractivity contribution in [3.8, 4) is 0 Å². The van der Waals surface area contributed by atoms with Gasteiger partial charge in [-0.1, -0.05) is 13.8 Å². The van der Waals surface area contributed by atoms with E-state index in [2.05, 4.69) is 24.1 Å². The molecule has 3 aliphatic rings. The lowest BCUT2D eigenvalue weighted by Gasteiger charge is -2.39. The van der Waals surface area contributed by atoms with E-state index in [0.717, 1.165) is 29.8 Å². The molecule has 0 amide bonds. The number of nitrogens with one attached hydrogen (secondary N) is 1. The van der Waals surface area contributed by atoms with Gasteiger partial charge in [0.05, 0.1) is 0 Å². The van der Waals surface area contributed by atoms with Crippen molar-refractivity contribution in [2.75, 3.05) is 19.6 Å². The van der Waals surface area contributed by atoms with E-state index in [1.165, 1.54) is 51.7 Å². The summed E-state index contributed by atoms with van der Waals surface area (Å²) in [5.41, 5.74) is 0. The number of rotatable bonds is 5. The average molecular weight is 236 g/mol. The summed E-state index contributed by atoms with van der Waals surface area (Å²) < 4.78 is 0. The van der Waals surface area contributed by atoms with Crippen LogP contribution in [-0.2, 0) is 0 Å². The molecule has 17 heavy (non-hydrogen) atoms. The Bertz CT molecular complexity index is 254. The predicted octanol–water partition coefficient (Wildman–Crippen LogP) is 2.49. The highest BCUT2D eigenvalue weighted by Gasteiger charge is 2.35. The molecule has 1 aliphatic heterocycles. The van der Waals surface area contributed by atoms with Gasteiger partial charge >= 0.3 is 0 Å². The second kappa shape index (κ2) is 4.89. The summed E-state index contributed by atoms with van der Waals surface area (Å²) in [6, 6.07) is 1.83. The molecule has 0 aromatic heterocycles. The highest BCUT2D eigenvalue weighted by molar-refractivity contribution is 4.91. The molecular formula is C15H28N2. The van der Waals surface area contributed by atoms with Gasteiger partial charge in [0.15, 0.2) is 0 Å². The van der Waals surface area contributed by atoms with Gasteiger partial charge in [-0.05, 0) is 62.9 Å². The van der Waals surface area contributed by atoms with Gasteiger partial charge in [0, 0.05) is 18.6 Å². The molecule has 1 saturated heterocycles. The predicted molar refractivity (Wildman–Crippen MR) is 72.1 cm³/mol. The maximum atomic E-state index is 3.80. The summed E-state index contributed by atoms with van der Waals surface area (Å²) in [4.78, 5) is 2.73. The molecule has 1 unspecified atom stereocenters. The molecule has 2 heteroatoms. The third kappa shape index (κ3) is 2.85. The molecule has 3 fully saturated rings. The molecule has 1 N–H and O–H groups in total. The van der Waals surface area contributed by atoms with Crippen LogP contribution in [0.4, 0.5) is 0 Å². The summed E-state index contributed by atoms with van der Waals surface area (Å²) >= 11 is 0. The summed E-state index contributed by atoms with van der Waals surface area (Å²) in [6.07, 6.45) is 7.23. The van der Waals surface area contributed by atoms with E-state index in [0.29, 0.717) is 0 Å². The van der Waals surface area contributed by atoms with E-state index in [-0.39, 0.29) is 0 Å². The van der Waals surface area contributed by atoms with Crippen LogP contribution in [0.2, 0.25) is 0 Å². The fourth-order valence-corrected chi connectivity index (χ4v) is 3.51. The van der Waals surface area contributed by atoms with Crippen molar-refractivity contribution in [1.82, 2.24) is 10.2 Å². The Morgan fingerprint density at radius 2 is 1.94 bits per heavy atom. The first kappa shape index (κ1) is 12.0. The smallest absolute Gasteiger partial charge is 0.00965 e. The minimum absolute atomic E-state index is 0.845. The van der Waals surface area contributed by atoms with Crippen LogP contribution in [0.3, 0.4) is 0 Å². The number of likely N-dealkylation sites (tertiary alicyclic amines) is 1. The average Bonchev–Trinajstić information content (AvgIpc) is 2.96. The normalized spacial score (nSPS) is 38.6. The molecular weight excluding hydrogens is 208 g/mol. The third-order valence-corrected chi connectivity index (χ3v) is 5.19. The van der Waals surface area contributed by atoms with E-state index in [4.69, 9.17) is 0 Å². The monoisotopic (exact) mass is 236 g/mol. The van der Waals surface area contributed by atoms with Crippen LogP contribution in [0.15, 0.2) is 0 Å². The Hall–Kier alpha value is -0.0800. The van der Waals surface area contributed by atoms with Gasteiger partial charge in [0.2, 0.25) is 0 Å². The molecule has 98 valence electrons. The van der Waals surface area contributed by atoms with Crippen molar-refractivity contribution in [2.24, 2.45) is 17.8 Å². The molecule has 1 atom stereocenters. The van der Waals surface area contributed by atoms with Gasteiger partial charge in [-0.15, -0.1) is 0 Å². The second-order valence-electron chi connectivity index (χ2n) is 6.96. The first-order valence-corrected chi connectivity index (χ1v) is 7.70. The van der Waals surface area contributed by atoms with Gasteiger partial charge in [-0.25, -0.2) is 0 Å². The summed E-state index contributed by atoms with van der Waals surface area (Å²) in [5, 5.41) is 3.80. The lowest BCUT2D eigenvalue weighted by atomic mass is 9.73. The number of nitrogens with zero attached hydrogens (tertiary/aromatic N) is 1. The van der Waals surface area contributed by atoms with E-state index in [9.17, 15) is 0 Å². The van der Waals surface area contributed by atoms with Crippen molar-refractivity contribution in [3.63, 3.8) is 0 Å². The molecule has 0 aromatic rings. The van der Waals surface area contributed by atoms with Crippen LogP contribution in [0, 0.1) is 17.8 Å². The molecule has 2 nitrogen and oxygen atoms in total. The van der Waals surface area contributed by atoms with E-state index in [1.54, 1.807) is 0 Å². The first-order valence-electron chi connectivity index (χ1n) is 7.70. The van der Waals surface area contributed by atoms with Gasteiger partial charge in [-0.3, -0.25) is 0 Å². The van der Waals surface area contributed by atoms with Crippen LogP contribution >= 0.6 is 0 Å². The van der Waals surface area contributed by atoms with Crippen molar-refractivity contribution < 1.29 is 0 Å². The fourth-order valence-electron chi connectivity index (χ4n) is 3.51. The van der Waals surface area contributed by atoms with Crippen molar-refractivity contribution in [2.45, 2.75) is 58.0 Å². The summed E-state index contributed by atoms with van der Waals surface area (Å²) in [5.74, 6) is 2.83. The fraction of sp³-hybridized carbons (Fsp3) is 1.00. The Kier molecular flexibility index (Phi) is 3.45. The Labute approximate surface area is 106 Å². The van der Waals surface area contributed by atoms with Gasteiger partial charge in [0.1, 0.15) is 0 Å². The lowest BCUT2D eigenvalue weighted by molar-refractivity contribution is 0.163. The number of hydrogen-bond acceptors (Lipinski definition) is 2. The van der Waals surface area contributed by atoms with E-state index >= 15 is 0 Å². The highest BCUT2D eigenvalue weighted by Crippen LogP contribution is 2.34. The molecule has 0 bridgehead atoms. The van der Waals surface area contributed by atoms with Gasteiger partial charge in [-0.2, -0.15) is 0 Å². The van der Waals surface area contributed by atoms with Crippen LogP contribution < -0.4 is 5.32 Å². The van der Waals surface area contributed by atoms with Gasteiger partial charge in [0.25, 0.3) is 0 Å². The quantitative estimate of drug-likeness (QED) is 0.789. The Balaban J connectivity index is 1.31. The molecule has 3 rings (SSSR count). The summed E-state index contributed by atoms with van der Waals surface area (Å²) in [7, 11) is 0. The minimum Gasteiger partial charge on any atom is -0.314 e. The largest absolute Gasteiger partial charge is 0.314 e. The van der Waals surface area contributed by atoms with Gasteiger partial charge < -0.3 is 10.2 Å². The zero-order valence-corrected chi connectivity index (χ0v) is 11.5. The molecule has 1 heterocycles. The highest BCUT2D eigenvalue weighted by atomic mass is 15.2. The maximum Gasteiger partial charge on any atom is 0.00965 e. The molecule has 0 aromatic carbocycles. The Morgan fingerprint density at radius 3 is 2.59 bits per heavy atom. The second-order valence-corrected chi connectivity index (χ2v) is 6.96. The van der Waals surface area contributed by atoms with Crippen LogP contribution in [0.1, 0.15) is 46.0 Å². The minimum atomic E-state index is 0.845. The third-order valence-electron chi connectivity index (χ3n) is 5.19. The summed E-state index contributed by atoms with van der Waals surface area (Å²) in [6.45, 7) is 8.75. The topological polar surface area (TPSA) is 15.3 Å². The molecule has 2 aliphatic carbocycles. The zero-order valence-electron chi connectivity index (χ0n) is 11.5. The van der Waals surface area contributed by atoms with Crippen LogP contribution in [-0.4, -0.2) is 36.6 Å². The van der Waals surface area contributed by atoms with Crippen molar-refractivity contribution in [3.05, 3.63) is 0 Å². The van der Waals surface area contributed by atoms with Crippen LogP contribution in [0.5, 0.6) is 0 Å². The molecule has 2 saturated carbocycles. The molecule has 0 radical (unpaired) electrons. The van der Waals surface area contributed by atoms with E-state index in [1.807, 2.05) is 0 Å². The van der Waals surface area contributed by atoms with E-state index < -0.39 is 0 Å². The SMILES string of the molecule is CC(C)C1CC(NCC2CCN(C3CC3)C2)C1. The Morgan fingerprint density at radius 1 is 1.18 bits per heavy atom. The maximum absolute atomic E-state index is 3.80. The van der Waals surface area contributed by atoms with Crippen molar-refractivity contribution in [1.29, 1.82) is 0 Å². The molecule has 0 spiro atoms. The van der Waals surface area contributed by atoms with Crippen molar-refractivity contribution >= 4 is 0 Å². The standard InChI is InChI=1S/C15H28N2/c1-11(2)13-7-14(8-13)16-9-12-5-6-17(10-12)15-3-4-15/h11-16H,3-10H2,1-2H3. The lowest BCUT2D eigenvalue weighted by Crippen LogP contribution is -2.45.